The van der Waals surface area contributed by atoms with Crippen molar-refractivity contribution in [2.45, 2.75) is 39.2 Å². The number of fused-ring (bicyclic) bond motifs is 1. The number of anilines is 1. The van der Waals surface area contributed by atoms with E-state index in [1.807, 2.05) is 20.8 Å². The average Bonchev–Trinajstić information content (AvgIpc) is 2.29. The third-order valence-corrected chi connectivity index (χ3v) is 2.99. The average molecular weight is 237 g/mol. The molecular formula is C12H19N3O2. The molecular weight excluding hydrogens is 218 g/mol. The summed E-state index contributed by atoms with van der Waals surface area (Å²) < 4.78 is 5.60. The molecule has 2 heterocycles. The highest BCUT2D eigenvalue weighted by Gasteiger charge is 2.26. The van der Waals surface area contributed by atoms with Gasteiger partial charge in [-0.15, -0.1) is 0 Å². The van der Waals surface area contributed by atoms with Gasteiger partial charge in [0, 0.05) is 13.2 Å². The largest absolute Gasteiger partial charge is 0.370 e. The zero-order chi connectivity index (χ0) is 12.5. The van der Waals surface area contributed by atoms with Crippen LogP contribution in [-0.2, 0) is 16.8 Å². The molecule has 94 valence electrons. The van der Waals surface area contributed by atoms with E-state index in [1.165, 1.54) is 0 Å². The Bertz CT molecular complexity index is 465. The molecule has 0 fully saturated rings. The van der Waals surface area contributed by atoms with Gasteiger partial charge in [-0.3, -0.25) is 4.79 Å². The third kappa shape index (κ3) is 2.34. The smallest absolute Gasteiger partial charge is 0.256 e. The molecule has 2 rings (SSSR count). The van der Waals surface area contributed by atoms with Crippen LogP contribution < -0.4 is 10.9 Å². The highest BCUT2D eigenvalue weighted by Crippen LogP contribution is 2.23. The van der Waals surface area contributed by atoms with Crippen LogP contribution in [0, 0.1) is 0 Å². The van der Waals surface area contributed by atoms with Gasteiger partial charge < -0.3 is 15.0 Å². The molecule has 0 aromatic carbocycles. The normalized spacial score (nSPS) is 15.2. The molecule has 0 atom stereocenters. The summed E-state index contributed by atoms with van der Waals surface area (Å²) in [5.41, 5.74) is 0.138. The Kier molecular flexibility index (Phi) is 3.19. The summed E-state index contributed by atoms with van der Waals surface area (Å²) in [6, 6.07) is 0. The van der Waals surface area contributed by atoms with E-state index in [2.05, 4.69) is 15.3 Å². The van der Waals surface area contributed by atoms with Crippen molar-refractivity contribution >= 4 is 5.82 Å². The van der Waals surface area contributed by atoms with Gasteiger partial charge in [0.2, 0.25) is 0 Å². The number of nitrogens with one attached hydrogen (secondary N) is 2. The lowest BCUT2D eigenvalue weighted by molar-refractivity contribution is -0.0209. The van der Waals surface area contributed by atoms with Crippen molar-refractivity contribution in [2.75, 3.05) is 18.5 Å². The van der Waals surface area contributed by atoms with Crippen LogP contribution in [0.15, 0.2) is 4.79 Å². The summed E-state index contributed by atoms with van der Waals surface area (Å²) in [6.45, 7) is 7.20. The van der Waals surface area contributed by atoms with Crippen LogP contribution in [0.5, 0.6) is 0 Å². The first kappa shape index (κ1) is 12.1. The van der Waals surface area contributed by atoms with Gasteiger partial charge in [-0.25, -0.2) is 4.98 Å². The van der Waals surface area contributed by atoms with Gasteiger partial charge >= 0.3 is 0 Å². The van der Waals surface area contributed by atoms with Crippen molar-refractivity contribution in [3.63, 3.8) is 0 Å². The number of hydrogen-bond acceptors (Lipinski definition) is 4. The molecule has 1 aliphatic heterocycles. The van der Waals surface area contributed by atoms with Crippen LogP contribution in [0.4, 0.5) is 5.82 Å². The van der Waals surface area contributed by atoms with E-state index >= 15 is 0 Å². The van der Waals surface area contributed by atoms with Gasteiger partial charge in [0.25, 0.3) is 5.56 Å². The van der Waals surface area contributed by atoms with Gasteiger partial charge in [0.1, 0.15) is 17.2 Å². The van der Waals surface area contributed by atoms with Crippen molar-refractivity contribution in [3.05, 3.63) is 21.7 Å². The maximum Gasteiger partial charge on any atom is 0.256 e. The number of hydrogen-bond donors (Lipinski definition) is 2. The predicted octanol–water partition coefficient (Wildman–Crippen LogP) is 1.40. The van der Waals surface area contributed by atoms with Crippen LogP contribution in [0.1, 0.15) is 38.6 Å². The maximum atomic E-state index is 11.9. The minimum atomic E-state index is -0.567. The first-order valence-corrected chi connectivity index (χ1v) is 6.06. The first-order valence-electron chi connectivity index (χ1n) is 6.06. The van der Waals surface area contributed by atoms with E-state index < -0.39 is 5.60 Å². The molecule has 5 heteroatoms. The minimum Gasteiger partial charge on any atom is -0.370 e. The molecule has 0 saturated carbocycles. The Labute approximate surface area is 101 Å². The molecule has 0 amide bonds. The van der Waals surface area contributed by atoms with E-state index in [-0.39, 0.29) is 5.56 Å². The molecule has 17 heavy (non-hydrogen) atoms. The second kappa shape index (κ2) is 4.49. The summed E-state index contributed by atoms with van der Waals surface area (Å²) in [5, 5.41) is 3.17. The molecule has 0 saturated heterocycles. The molecule has 1 aromatic heterocycles. The Hall–Kier alpha value is -1.36. The zero-order valence-electron chi connectivity index (χ0n) is 10.6. The lowest BCUT2D eigenvalue weighted by atomic mass is 10.1. The second-order valence-electron chi connectivity index (χ2n) is 4.72. The molecule has 1 aromatic rings. The summed E-state index contributed by atoms with van der Waals surface area (Å²) in [7, 11) is 0. The molecule has 0 aliphatic carbocycles. The SMILES string of the molecule is CCOC(C)(C)c1nc2c(c(=O)[nH]1)CCCN2. The maximum absolute atomic E-state index is 11.9. The fourth-order valence-electron chi connectivity index (χ4n) is 2.06. The summed E-state index contributed by atoms with van der Waals surface area (Å²) in [6.07, 6.45) is 1.77. The number of ether oxygens (including phenoxy) is 1. The molecule has 0 radical (unpaired) electrons. The summed E-state index contributed by atoms with van der Waals surface area (Å²) >= 11 is 0. The third-order valence-electron chi connectivity index (χ3n) is 2.99. The molecule has 0 spiro atoms. The Morgan fingerprint density at radius 3 is 2.94 bits per heavy atom. The van der Waals surface area contributed by atoms with E-state index in [0.29, 0.717) is 18.2 Å². The summed E-state index contributed by atoms with van der Waals surface area (Å²) in [5.74, 6) is 1.29. The standard InChI is InChI=1S/C12H19N3O2/c1-4-17-12(2,3)11-14-9-8(10(16)15-11)6-5-7-13-9/h4-7H2,1-3H3,(H2,13,14,15,16). The second-order valence-corrected chi connectivity index (χ2v) is 4.72. The Morgan fingerprint density at radius 2 is 2.24 bits per heavy atom. The fraction of sp³-hybridized carbons (Fsp3) is 0.667. The Morgan fingerprint density at radius 1 is 1.47 bits per heavy atom. The van der Waals surface area contributed by atoms with Crippen LogP contribution >= 0.6 is 0 Å². The van der Waals surface area contributed by atoms with Crippen molar-refractivity contribution in [1.29, 1.82) is 0 Å². The lowest BCUT2D eigenvalue weighted by Crippen LogP contribution is -2.32. The zero-order valence-corrected chi connectivity index (χ0v) is 10.6. The lowest BCUT2D eigenvalue weighted by Gasteiger charge is -2.25. The quantitative estimate of drug-likeness (QED) is 0.834. The van der Waals surface area contributed by atoms with Gasteiger partial charge in [0.15, 0.2) is 0 Å². The van der Waals surface area contributed by atoms with Crippen molar-refractivity contribution in [1.82, 2.24) is 9.97 Å². The van der Waals surface area contributed by atoms with Gasteiger partial charge in [-0.1, -0.05) is 0 Å². The predicted molar refractivity (Wildman–Crippen MR) is 66.3 cm³/mol. The summed E-state index contributed by atoms with van der Waals surface area (Å²) in [4.78, 5) is 19.2. The van der Waals surface area contributed by atoms with E-state index in [9.17, 15) is 4.79 Å². The molecule has 0 unspecified atom stereocenters. The number of aromatic nitrogens is 2. The van der Waals surface area contributed by atoms with Crippen molar-refractivity contribution in [2.24, 2.45) is 0 Å². The number of nitrogens with zero attached hydrogens (tertiary/aromatic N) is 1. The number of H-pyrrole nitrogens is 1. The Balaban J connectivity index is 2.44. The molecule has 5 nitrogen and oxygen atoms in total. The number of rotatable bonds is 3. The highest BCUT2D eigenvalue weighted by atomic mass is 16.5. The number of aromatic amines is 1. The minimum absolute atomic E-state index is 0.0509. The molecule has 1 aliphatic rings. The van der Waals surface area contributed by atoms with E-state index in [4.69, 9.17) is 4.74 Å². The van der Waals surface area contributed by atoms with Crippen LogP contribution in [0.3, 0.4) is 0 Å². The van der Waals surface area contributed by atoms with E-state index in [0.717, 1.165) is 24.9 Å². The van der Waals surface area contributed by atoms with E-state index in [1.54, 1.807) is 0 Å². The van der Waals surface area contributed by atoms with Crippen LogP contribution in [-0.4, -0.2) is 23.1 Å². The first-order chi connectivity index (χ1) is 8.04. The van der Waals surface area contributed by atoms with Gasteiger partial charge in [-0.2, -0.15) is 0 Å². The van der Waals surface area contributed by atoms with Crippen molar-refractivity contribution in [3.8, 4) is 0 Å². The van der Waals surface area contributed by atoms with Gasteiger partial charge in [0.05, 0.1) is 5.56 Å². The fourth-order valence-corrected chi connectivity index (χ4v) is 2.06. The molecule has 0 bridgehead atoms. The van der Waals surface area contributed by atoms with Crippen LogP contribution in [0.2, 0.25) is 0 Å². The topological polar surface area (TPSA) is 67.0 Å². The van der Waals surface area contributed by atoms with Crippen LogP contribution in [0.25, 0.3) is 0 Å². The van der Waals surface area contributed by atoms with Gasteiger partial charge in [-0.05, 0) is 33.6 Å². The van der Waals surface area contributed by atoms with Crippen molar-refractivity contribution < 1.29 is 4.74 Å². The monoisotopic (exact) mass is 237 g/mol. The molecule has 2 N–H and O–H groups in total. The highest BCUT2D eigenvalue weighted by molar-refractivity contribution is 5.45.